The van der Waals surface area contributed by atoms with Crippen LogP contribution in [0.1, 0.15) is 19.4 Å². The van der Waals surface area contributed by atoms with Crippen molar-refractivity contribution in [3.8, 4) is 0 Å². The van der Waals surface area contributed by atoms with E-state index in [1.165, 1.54) is 5.56 Å². The summed E-state index contributed by atoms with van der Waals surface area (Å²) in [5.74, 6) is 0.324. The summed E-state index contributed by atoms with van der Waals surface area (Å²) in [5, 5.41) is 2.88. The second-order valence-electron chi connectivity index (χ2n) is 4.38. The number of alkyl halides is 1. The molecule has 0 saturated heterocycles. The van der Waals surface area contributed by atoms with E-state index in [-0.39, 0.29) is 5.91 Å². The smallest absolute Gasteiger partial charge is 0.226 e. The third kappa shape index (κ3) is 3.81. The van der Waals surface area contributed by atoms with Gasteiger partial charge in [-0.2, -0.15) is 0 Å². The molecule has 1 heterocycles. The van der Waals surface area contributed by atoms with Gasteiger partial charge in [0.15, 0.2) is 0 Å². The Balaban J connectivity index is 2.34. The molecule has 0 radical (unpaired) electrons. The highest BCUT2D eigenvalue weighted by atomic mass is 35.5. The van der Waals surface area contributed by atoms with Crippen LogP contribution in [0, 0.1) is 5.41 Å². The number of amides is 1. The minimum absolute atomic E-state index is 0.00319. The predicted octanol–water partition coefficient (Wildman–Crippen LogP) is 2.01. The zero-order chi connectivity index (χ0) is 12.0. The molecule has 3 nitrogen and oxygen atoms in total. The minimum Gasteiger partial charge on any atom is -0.355 e. The van der Waals surface area contributed by atoms with Gasteiger partial charge >= 0.3 is 0 Å². The van der Waals surface area contributed by atoms with Crippen LogP contribution in [0.2, 0.25) is 0 Å². The Labute approximate surface area is 101 Å². The van der Waals surface area contributed by atoms with Crippen LogP contribution in [0.5, 0.6) is 0 Å². The number of carbonyl (C=O) groups is 1. The fourth-order valence-corrected chi connectivity index (χ4v) is 1.29. The van der Waals surface area contributed by atoms with E-state index in [1.54, 1.807) is 12.4 Å². The average molecular weight is 241 g/mol. The van der Waals surface area contributed by atoms with Gasteiger partial charge in [0.1, 0.15) is 0 Å². The molecule has 16 heavy (non-hydrogen) atoms. The molecule has 0 aliphatic rings. The lowest BCUT2D eigenvalue weighted by Crippen LogP contribution is -2.39. The van der Waals surface area contributed by atoms with Gasteiger partial charge < -0.3 is 5.32 Å². The zero-order valence-corrected chi connectivity index (χ0v) is 10.4. The summed E-state index contributed by atoms with van der Waals surface area (Å²) in [5.41, 5.74) is 0.666. The van der Waals surface area contributed by atoms with E-state index < -0.39 is 5.41 Å². The highest BCUT2D eigenvalue weighted by Gasteiger charge is 2.25. The summed E-state index contributed by atoms with van der Waals surface area (Å²) in [7, 11) is 0. The van der Waals surface area contributed by atoms with Crippen molar-refractivity contribution >= 4 is 17.5 Å². The van der Waals surface area contributed by atoms with Crippen molar-refractivity contribution < 1.29 is 4.79 Å². The van der Waals surface area contributed by atoms with Gasteiger partial charge in [-0.25, -0.2) is 0 Å². The molecule has 4 heteroatoms. The van der Waals surface area contributed by atoms with E-state index in [0.29, 0.717) is 12.4 Å². The van der Waals surface area contributed by atoms with Crippen molar-refractivity contribution in [2.75, 3.05) is 12.4 Å². The van der Waals surface area contributed by atoms with E-state index in [9.17, 15) is 4.79 Å². The first-order valence-electron chi connectivity index (χ1n) is 5.29. The van der Waals surface area contributed by atoms with E-state index in [2.05, 4.69) is 10.3 Å². The van der Waals surface area contributed by atoms with Crippen LogP contribution < -0.4 is 5.32 Å². The van der Waals surface area contributed by atoms with E-state index >= 15 is 0 Å². The Morgan fingerprint density at radius 2 is 2.06 bits per heavy atom. The summed E-state index contributed by atoms with van der Waals surface area (Å²) in [6.45, 7) is 4.30. The van der Waals surface area contributed by atoms with Crippen LogP contribution in [0.4, 0.5) is 0 Å². The van der Waals surface area contributed by atoms with Gasteiger partial charge in [-0.15, -0.1) is 11.6 Å². The molecule has 0 unspecified atom stereocenters. The first kappa shape index (κ1) is 13.0. The summed E-state index contributed by atoms with van der Waals surface area (Å²) in [4.78, 5) is 15.6. The predicted molar refractivity (Wildman–Crippen MR) is 65.5 cm³/mol. The number of hydrogen-bond donors (Lipinski definition) is 1. The fraction of sp³-hybridized carbons (Fsp3) is 0.500. The molecule has 1 N–H and O–H groups in total. The van der Waals surface area contributed by atoms with Crippen LogP contribution in [-0.2, 0) is 11.2 Å². The fourth-order valence-electron chi connectivity index (χ4n) is 1.17. The second-order valence-corrected chi connectivity index (χ2v) is 4.65. The standard InChI is InChI=1S/C12H17ClN2O/c1-12(2,9-13)11(16)15-8-5-10-3-6-14-7-4-10/h3-4,6-7H,5,8-9H2,1-2H3,(H,15,16). The van der Waals surface area contributed by atoms with E-state index in [4.69, 9.17) is 11.6 Å². The molecular weight excluding hydrogens is 224 g/mol. The highest BCUT2D eigenvalue weighted by molar-refractivity contribution is 6.19. The van der Waals surface area contributed by atoms with Gasteiger partial charge in [-0.3, -0.25) is 9.78 Å². The third-order valence-electron chi connectivity index (χ3n) is 2.40. The maximum absolute atomic E-state index is 11.7. The number of pyridine rings is 1. The van der Waals surface area contributed by atoms with Gasteiger partial charge in [0, 0.05) is 24.8 Å². The number of halogens is 1. The normalized spacial score (nSPS) is 11.2. The molecule has 0 bridgehead atoms. The molecular formula is C12H17ClN2O. The lowest BCUT2D eigenvalue weighted by atomic mass is 9.95. The Morgan fingerprint density at radius 1 is 1.44 bits per heavy atom. The maximum atomic E-state index is 11.7. The van der Waals surface area contributed by atoms with Crippen LogP contribution in [0.25, 0.3) is 0 Å². The maximum Gasteiger partial charge on any atom is 0.226 e. The van der Waals surface area contributed by atoms with Crippen molar-refractivity contribution in [1.29, 1.82) is 0 Å². The van der Waals surface area contributed by atoms with Gasteiger partial charge in [-0.05, 0) is 38.0 Å². The molecule has 88 valence electrons. The SMILES string of the molecule is CC(C)(CCl)C(=O)NCCc1ccncc1. The third-order valence-corrected chi connectivity index (χ3v) is 3.07. The lowest BCUT2D eigenvalue weighted by Gasteiger charge is -2.20. The van der Waals surface area contributed by atoms with Crippen LogP contribution >= 0.6 is 11.6 Å². The molecule has 1 aromatic heterocycles. The number of hydrogen-bond acceptors (Lipinski definition) is 2. The number of carbonyl (C=O) groups excluding carboxylic acids is 1. The van der Waals surface area contributed by atoms with Gasteiger partial charge in [0.05, 0.1) is 5.41 Å². The Morgan fingerprint density at radius 3 is 2.62 bits per heavy atom. The van der Waals surface area contributed by atoms with Crippen molar-refractivity contribution in [2.45, 2.75) is 20.3 Å². The first-order valence-corrected chi connectivity index (χ1v) is 5.83. The molecule has 1 rings (SSSR count). The number of aromatic nitrogens is 1. The van der Waals surface area contributed by atoms with Crippen LogP contribution in [0.3, 0.4) is 0 Å². The van der Waals surface area contributed by atoms with Crippen molar-refractivity contribution in [1.82, 2.24) is 10.3 Å². The molecule has 0 spiro atoms. The Bertz CT molecular complexity index is 338. The van der Waals surface area contributed by atoms with Gasteiger partial charge in [0.25, 0.3) is 0 Å². The summed E-state index contributed by atoms with van der Waals surface area (Å²) in [6, 6.07) is 3.89. The number of rotatable bonds is 5. The number of nitrogens with zero attached hydrogens (tertiary/aromatic N) is 1. The molecule has 0 fully saturated rings. The molecule has 0 atom stereocenters. The Kier molecular flexibility index (Phi) is 4.74. The monoisotopic (exact) mass is 240 g/mol. The van der Waals surface area contributed by atoms with Crippen molar-refractivity contribution in [2.24, 2.45) is 5.41 Å². The Hall–Kier alpha value is -1.09. The quantitative estimate of drug-likeness (QED) is 0.800. The second kappa shape index (κ2) is 5.85. The van der Waals surface area contributed by atoms with Crippen molar-refractivity contribution in [3.05, 3.63) is 30.1 Å². The minimum atomic E-state index is -0.500. The summed E-state index contributed by atoms with van der Waals surface area (Å²) < 4.78 is 0. The lowest BCUT2D eigenvalue weighted by molar-refractivity contribution is -0.128. The molecule has 0 aliphatic carbocycles. The number of nitrogens with one attached hydrogen (secondary N) is 1. The van der Waals surface area contributed by atoms with Crippen LogP contribution in [0.15, 0.2) is 24.5 Å². The van der Waals surface area contributed by atoms with E-state index in [0.717, 1.165) is 6.42 Å². The summed E-state index contributed by atoms with van der Waals surface area (Å²) in [6.07, 6.45) is 4.31. The molecule has 0 aliphatic heterocycles. The van der Waals surface area contributed by atoms with E-state index in [1.807, 2.05) is 26.0 Å². The van der Waals surface area contributed by atoms with Gasteiger partial charge in [-0.1, -0.05) is 0 Å². The topological polar surface area (TPSA) is 42.0 Å². The molecule has 0 aromatic carbocycles. The largest absolute Gasteiger partial charge is 0.355 e. The first-order chi connectivity index (χ1) is 7.56. The zero-order valence-electron chi connectivity index (χ0n) is 9.66. The molecule has 1 aromatic rings. The molecule has 1 amide bonds. The average Bonchev–Trinajstić information content (AvgIpc) is 2.30. The molecule has 0 saturated carbocycles. The van der Waals surface area contributed by atoms with Crippen molar-refractivity contribution in [3.63, 3.8) is 0 Å². The summed E-state index contributed by atoms with van der Waals surface area (Å²) >= 11 is 5.71. The van der Waals surface area contributed by atoms with Gasteiger partial charge in [0.2, 0.25) is 5.91 Å². The highest BCUT2D eigenvalue weighted by Crippen LogP contribution is 2.16. The van der Waals surface area contributed by atoms with Crippen LogP contribution in [-0.4, -0.2) is 23.3 Å².